The van der Waals surface area contributed by atoms with E-state index in [1.165, 1.54) is 0 Å². The molecule has 2 aromatic carbocycles. The van der Waals surface area contributed by atoms with Crippen LogP contribution in [0.3, 0.4) is 0 Å². The number of fused-ring (bicyclic) bond motifs is 1. The fourth-order valence-electron chi connectivity index (χ4n) is 3.05. The third-order valence-corrected chi connectivity index (χ3v) is 4.65. The molecule has 0 spiro atoms. The molecule has 2 aromatic heterocycles. The fourth-order valence-corrected chi connectivity index (χ4v) is 3.05. The van der Waals surface area contributed by atoms with Gasteiger partial charge in [-0.1, -0.05) is 48.5 Å². The molecule has 0 amide bonds. The zero-order valence-corrected chi connectivity index (χ0v) is 14.9. The van der Waals surface area contributed by atoms with Crippen LogP contribution in [0.4, 0.5) is 5.82 Å². The van der Waals surface area contributed by atoms with Gasteiger partial charge >= 0.3 is 0 Å². The molecule has 0 bridgehead atoms. The van der Waals surface area contributed by atoms with Gasteiger partial charge in [-0.3, -0.25) is 4.98 Å². The van der Waals surface area contributed by atoms with Crippen LogP contribution in [0, 0.1) is 0 Å². The largest absolute Gasteiger partial charge is 0.351 e. The molecule has 4 rings (SSSR count). The molecule has 1 atom stereocenters. The highest BCUT2D eigenvalue weighted by molar-refractivity contribution is 5.91. The van der Waals surface area contributed by atoms with Crippen molar-refractivity contribution in [3.8, 4) is 11.4 Å². The zero-order valence-electron chi connectivity index (χ0n) is 14.9. The number of nitrogens with zero attached hydrogens (tertiary/aromatic N) is 4. The van der Waals surface area contributed by atoms with Gasteiger partial charge in [-0.15, -0.1) is 0 Å². The van der Waals surface area contributed by atoms with Crippen molar-refractivity contribution in [1.29, 1.82) is 0 Å². The summed E-state index contributed by atoms with van der Waals surface area (Å²) in [7, 11) is 2.06. The predicted molar refractivity (Wildman–Crippen MR) is 106 cm³/mol. The Hall–Kier alpha value is -3.27. The van der Waals surface area contributed by atoms with Crippen molar-refractivity contribution in [3.63, 3.8) is 0 Å². The Morgan fingerprint density at radius 3 is 2.31 bits per heavy atom. The van der Waals surface area contributed by atoms with Crippen molar-refractivity contribution in [1.82, 2.24) is 15.0 Å². The summed E-state index contributed by atoms with van der Waals surface area (Å²) in [5.41, 5.74) is 2.97. The van der Waals surface area contributed by atoms with Crippen LogP contribution in [0.1, 0.15) is 18.7 Å². The Kier molecular flexibility index (Phi) is 4.32. The number of anilines is 1. The van der Waals surface area contributed by atoms with Crippen molar-refractivity contribution >= 4 is 16.7 Å². The van der Waals surface area contributed by atoms with Crippen LogP contribution in [-0.4, -0.2) is 22.0 Å². The van der Waals surface area contributed by atoms with Gasteiger partial charge in [0.2, 0.25) is 0 Å². The van der Waals surface area contributed by atoms with Crippen molar-refractivity contribution in [3.05, 3.63) is 84.7 Å². The van der Waals surface area contributed by atoms with Crippen LogP contribution < -0.4 is 4.90 Å². The summed E-state index contributed by atoms with van der Waals surface area (Å²) in [6.45, 7) is 2.14. The molecule has 0 saturated heterocycles. The number of rotatable bonds is 4. The normalized spacial score (nSPS) is 12.1. The SMILES string of the molecule is CC(c1ccccn1)N(C)c1nc(-c2ccccc2)nc2ccccc12. The minimum atomic E-state index is 0.0955. The monoisotopic (exact) mass is 340 g/mol. The molecule has 0 aliphatic rings. The maximum absolute atomic E-state index is 4.90. The van der Waals surface area contributed by atoms with Gasteiger partial charge < -0.3 is 4.90 Å². The Morgan fingerprint density at radius 1 is 0.808 bits per heavy atom. The van der Waals surface area contributed by atoms with Gasteiger partial charge in [0.05, 0.1) is 17.3 Å². The van der Waals surface area contributed by atoms with Crippen LogP contribution in [-0.2, 0) is 0 Å². The second kappa shape index (κ2) is 6.92. The zero-order chi connectivity index (χ0) is 17.9. The summed E-state index contributed by atoms with van der Waals surface area (Å²) in [6.07, 6.45) is 1.83. The first kappa shape index (κ1) is 16.2. The van der Waals surface area contributed by atoms with Crippen molar-refractivity contribution in [2.75, 3.05) is 11.9 Å². The summed E-state index contributed by atoms with van der Waals surface area (Å²) in [4.78, 5) is 16.3. The lowest BCUT2D eigenvalue weighted by molar-refractivity contribution is 0.707. The number of hydrogen-bond acceptors (Lipinski definition) is 4. The molecule has 0 saturated carbocycles. The Balaban J connectivity index is 1.85. The van der Waals surface area contributed by atoms with Crippen LogP contribution in [0.15, 0.2) is 79.0 Å². The molecule has 0 radical (unpaired) electrons. The summed E-state index contributed by atoms with van der Waals surface area (Å²) in [5, 5.41) is 1.04. The van der Waals surface area contributed by atoms with Gasteiger partial charge in [0.25, 0.3) is 0 Å². The number of aromatic nitrogens is 3. The number of hydrogen-bond donors (Lipinski definition) is 0. The van der Waals surface area contributed by atoms with Crippen LogP contribution >= 0.6 is 0 Å². The number of para-hydroxylation sites is 1. The first-order valence-corrected chi connectivity index (χ1v) is 8.70. The van der Waals surface area contributed by atoms with E-state index in [9.17, 15) is 0 Å². The lowest BCUT2D eigenvalue weighted by Gasteiger charge is -2.27. The van der Waals surface area contributed by atoms with E-state index in [1.807, 2.05) is 72.9 Å². The fraction of sp³-hybridized carbons (Fsp3) is 0.136. The smallest absolute Gasteiger partial charge is 0.162 e. The highest BCUT2D eigenvalue weighted by Gasteiger charge is 2.18. The van der Waals surface area contributed by atoms with Crippen LogP contribution in [0.2, 0.25) is 0 Å². The molecule has 4 nitrogen and oxygen atoms in total. The third-order valence-electron chi connectivity index (χ3n) is 4.65. The highest BCUT2D eigenvalue weighted by atomic mass is 15.2. The average molecular weight is 340 g/mol. The van der Waals surface area contributed by atoms with Gasteiger partial charge in [0, 0.05) is 24.2 Å². The minimum Gasteiger partial charge on any atom is -0.351 e. The Morgan fingerprint density at radius 2 is 1.54 bits per heavy atom. The molecule has 1 unspecified atom stereocenters. The lowest BCUT2D eigenvalue weighted by atomic mass is 10.1. The summed E-state index contributed by atoms with van der Waals surface area (Å²) in [6, 6.07) is 24.3. The van der Waals surface area contributed by atoms with E-state index < -0.39 is 0 Å². The third kappa shape index (κ3) is 3.02. The highest BCUT2D eigenvalue weighted by Crippen LogP contribution is 2.31. The van der Waals surface area contributed by atoms with E-state index >= 15 is 0 Å². The molecule has 0 aliphatic carbocycles. The molecule has 0 aliphatic heterocycles. The van der Waals surface area contributed by atoms with E-state index in [1.54, 1.807) is 0 Å². The quantitative estimate of drug-likeness (QED) is 0.530. The minimum absolute atomic E-state index is 0.0955. The first-order chi connectivity index (χ1) is 12.7. The first-order valence-electron chi connectivity index (χ1n) is 8.70. The second-order valence-electron chi connectivity index (χ2n) is 6.30. The molecule has 4 aromatic rings. The van der Waals surface area contributed by atoms with E-state index in [0.717, 1.165) is 33.8 Å². The molecule has 0 N–H and O–H groups in total. The molecule has 2 heterocycles. The topological polar surface area (TPSA) is 41.9 Å². The molecular formula is C22H20N4. The molecule has 26 heavy (non-hydrogen) atoms. The predicted octanol–water partition coefficient (Wildman–Crippen LogP) is 4.89. The van der Waals surface area contributed by atoms with Crippen LogP contribution in [0.5, 0.6) is 0 Å². The molecule has 0 fully saturated rings. The standard InChI is InChI=1S/C22H20N4/c1-16(19-13-8-9-15-23-19)26(2)22-18-12-6-7-14-20(18)24-21(25-22)17-10-4-3-5-11-17/h3-16H,1-2H3. The second-order valence-corrected chi connectivity index (χ2v) is 6.30. The van der Waals surface area contributed by atoms with Crippen molar-refractivity contribution in [2.45, 2.75) is 13.0 Å². The molecule has 128 valence electrons. The summed E-state index contributed by atoms with van der Waals surface area (Å²) >= 11 is 0. The Labute approximate surface area is 153 Å². The van der Waals surface area contributed by atoms with E-state index in [0.29, 0.717) is 0 Å². The van der Waals surface area contributed by atoms with Gasteiger partial charge in [-0.25, -0.2) is 9.97 Å². The number of benzene rings is 2. The summed E-state index contributed by atoms with van der Waals surface area (Å²) in [5.74, 6) is 1.65. The number of pyridine rings is 1. The average Bonchev–Trinajstić information content (AvgIpc) is 2.73. The van der Waals surface area contributed by atoms with Gasteiger partial charge in [-0.2, -0.15) is 0 Å². The lowest BCUT2D eigenvalue weighted by Crippen LogP contribution is -2.24. The maximum Gasteiger partial charge on any atom is 0.162 e. The Bertz CT molecular complexity index is 1020. The molecular weight excluding hydrogens is 320 g/mol. The van der Waals surface area contributed by atoms with Gasteiger partial charge in [0.1, 0.15) is 5.82 Å². The molecule has 4 heteroatoms. The maximum atomic E-state index is 4.90. The van der Waals surface area contributed by atoms with Crippen molar-refractivity contribution in [2.24, 2.45) is 0 Å². The summed E-state index contributed by atoms with van der Waals surface area (Å²) < 4.78 is 0. The van der Waals surface area contributed by atoms with Crippen molar-refractivity contribution < 1.29 is 0 Å². The van der Waals surface area contributed by atoms with Gasteiger partial charge in [0.15, 0.2) is 5.82 Å². The van der Waals surface area contributed by atoms with Crippen LogP contribution in [0.25, 0.3) is 22.3 Å². The van der Waals surface area contributed by atoms with E-state index in [4.69, 9.17) is 9.97 Å². The van der Waals surface area contributed by atoms with Gasteiger partial charge in [-0.05, 0) is 31.2 Å². The van der Waals surface area contributed by atoms with E-state index in [-0.39, 0.29) is 6.04 Å². The van der Waals surface area contributed by atoms with E-state index in [2.05, 4.69) is 29.9 Å².